The van der Waals surface area contributed by atoms with E-state index in [1.165, 1.54) is 51.6 Å². The molecular formula is C13H26N2O. The van der Waals surface area contributed by atoms with E-state index in [1.807, 2.05) is 0 Å². The summed E-state index contributed by atoms with van der Waals surface area (Å²) in [6.07, 6.45) is 8.59. The molecule has 0 atom stereocenters. The molecule has 0 radical (unpaired) electrons. The van der Waals surface area contributed by atoms with E-state index in [2.05, 4.69) is 9.80 Å². The molecule has 0 aromatic heterocycles. The van der Waals surface area contributed by atoms with Crippen molar-refractivity contribution in [1.82, 2.24) is 9.80 Å². The van der Waals surface area contributed by atoms with Crippen LogP contribution in [0.5, 0.6) is 0 Å². The quantitative estimate of drug-likeness (QED) is 0.735. The smallest absolute Gasteiger partial charge is 0.0558 e. The second kappa shape index (κ2) is 6.58. The van der Waals surface area contributed by atoms with E-state index in [-0.39, 0.29) is 0 Å². The van der Waals surface area contributed by atoms with E-state index in [0.29, 0.717) is 6.61 Å². The maximum absolute atomic E-state index is 8.92. The van der Waals surface area contributed by atoms with Gasteiger partial charge < -0.3 is 5.11 Å². The largest absolute Gasteiger partial charge is 0.395 e. The van der Waals surface area contributed by atoms with Crippen LogP contribution in [0.2, 0.25) is 0 Å². The van der Waals surface area contributed by atoms with Gasteiger partial charge in [-0.15, -0.1) is 0 Å². The average Bonchev–Trinajstić information content (AvgIpc) is 2.59. The lowest BCUT2D eigenvalue weighted by Crippen LogP contribution is -2.50. The Balaban J connectivity index is 1.74. The minimum Gasteiger partial charge on any atom is -0.395 e. The molecule has 3 nitrogen and oxygen atoms in total. The monoisotopic (exact) mass is 226 g/mol. The molecule has 3 heteroatoms. The molecule has 0 spiro atoms. The second-order valence-corrected chi connectivity index (χ2v) is 5.25. The molecule has 1 saturated carbocycles. The van der Waals surface area contributed by atoms with E-state index < -0.39 is 0 Å². The number of aliphatic hydroxyl groups excluding tert-OH is 1. The van der Waals surface area contributed by atoms with Gasteiger partial charge in [-0.25, -0.2) is 0 Å². The molecule has 0 bridgehead atoms. The van der Waals surface area contributed by atoms with Gasteiger partial charge in [0.15, 0.2) is 0 Å². The van der Waals surface area contributed by atoms with Crippen LogP contribution in [0.15, 0.2) is 0 Å². The molecular weight excluding hydrogens is 200 g/mol. The van der Waals surface area contributed by atoms with Crippen LogP contribution in [-0.2, 0) is 0 Å². The zero-order chi connectivity index (χ0) is 11.2. The molecule has 1 N–H and O–H groups in total. The Morgan fingerprint density at radius 1 is 0.875 bits per heavy atom. The predicted molar refractivity (Wildman–Crippen MR) is 66.6 cm³/mol. The second-order valence-electron chi connectivity index (χ2n) is 5.25. The summed E-state index contributed by atoms with van der Waals surface area (Å²) in [6.45, 7) is 5.89. The third-order valence-corrected chi connectivity index (χ3v) is 4.16. The Hall–Kier alpha value is -0.120. The highest BCUT2D eigenvalue weighted by atomic mass is 16.3. The lowest BCUT2D eigenvalue weighted by molar-refractivity contribution is 0.0781. The molecule has 1 aliphatic heterocycles. The Labute approximate surface area is 99.4 Å². The number of nitrogens with zero attached hydrogens (tertiary/aromatic N) is 2. The van der Waals surface area contributed by atoms with Gasteiger partial charge in [-0.1, -0.05) is 25.7 Å². The van der Waals surface area contributed by atoms with Crippen LogP contribution in [0.1, 0.15) is 38.5 Å². The minimum absolute atomic E-state index is 0.309. The summed E-state index contributed by atoms with van der Waals surface area (Å²) in [7, 11) is 0. The Kier molecular flexibility index (Phi) is 5.07. The van der Waals surface area contributed by atoms with Crippen LogP contribution in [0.4, 0.5) is 0 Å². The van der Waals surface area contributed by atoms with Crippen molar-refractivity contribution in [1.29, 1.82) is 0 Å². The van der Waals surface area contributed by atoms with Gasteiger partial charge in [0.2, 0.25) is 0 Å². The van der Waals surface area contributed by atoms with Gasteiger partial charge >= 0.3 is 0 Å². The molecule has 2 rings (SSSR count). The highest BCUT2D eigenvalue weighted by molar-refractivity contribution is 4.80. The highest BCUT2D eigenvalue weighted by Crippen LogP contribution is 2.22. The Morgan fingerprint density at radius 3 is 2.06 bits per heavy atom. The number of β-amino-alcohol motifs (C(OH)–C–C–N with tert-alkyl or cyclic N) is 1. The van der Waals surface area contributed by atoms with Crippen LogP contribution in [-0.4, -0.2) is 60.3 Å². The summed E-state index contributed by atoms with van der Waals surface area (Å²) < 4.78 is 0. The fraction of sp³-hybridized carbons (Fsp3) is 1.00. The molecule has 0 aromatic carbocycles. The number of piperazine rings is 1. The first-order chi connectivity index (χ1) is 7.90. The van der Waals surface area contributed by atoms with Crippen molar-refractivity contribution in [3.63, 3.8) is 0 Å². The molecule has 1 saturated heterocycles. The summed E-state index contributed by atoms with van der Waals surface area (Å²) in [5.41, 5.74) is 0. The summed E-state index contributed by atoms with van der Waals surface area (Å²) in [5, 5.41) is 8.92. The van der Waals surface area contributed by atoms with Gasteiger partial charge in [-0.3, -0.25) is 9.80 Å². The minimum atomic E-state index is 0.309. The average molecular weight is 226 g/mol. The lowest BCUT2D eigenvalue weighted by Gasteiger charge is -2.39. The molecule has 0 aromatic rings. The van der Waals surface area contributed by atoms with Crippen LogP contribution >= 0.6 is 0 Å². The topological polar surface area (TPSA) is 26.7 Å². The van der Waals surface area contributed by atoms with Gasteiger partial charge in [0.25, 0.3) is 0 Å². The zero-order valence-corrected chi connectivity index (χ0v) is 10.4. The van der Waals surface area contributed by atoms with E-state index >= 15 is 0 Å². The van der Waals surface area contributed by atoms with Crippen LogP contribution in [0, 0.1) is 0 Å². The summed E-state index contributed by atoms with van der Waals surface area (Å²) in [6, 6.07) is 0.860. The normalized spacial score (nSPS) is 26.8. The number of hydrogen-bond acceptors (Lipinski definition) is 3. The van der Waals surface area contributed by atoms with Gasteiger partial charge in [-0.2, -0.15) is 0 Å². The fourth-order valence-electron chi connectivity index (χ4n) is 3.12. The van der Waals surface area contributed by atoms with E-state index in [0.717, 1.165) is 25.7 Å². The van der Waals surface area contributed by atoms with Crippen molar-refractivity contribution in [3.8, 4) is 0 Å². The van der Waals surface area contributed by atoms with E-state index in [4.69, 9.17) is 5.11 Å². The van der Waals surface area contributed by atoms with Gasteiger partial charge in [-0.05, 0) is 12.8 Å². The van der Waals surface area contributed by atoms with Crippen LogP contribution in [0.25, 0.3) is 0 Å². The Bertz CT molecular complexity index is 182. The molecule has 16 heavy (non-hydrogen) atoms. The molecule has 0 amide bonds. The van der Waals surface area contributed by atoms with Gasteiger partial charge in [0, 0.05) is 38.8 Å². The molecule has 0 unspecified atom stereocenters. The van der Waals surface area contributed by atoms with Crippen molar-refractivity contribution in [3.05, 3.63) is 0 Å². The molecule has 94 valence electrons. The third kappa shape index (κ3) is 3.44. The van der Waals surface area contributed by atoms with Crippen molar-refractivity contribution >= 4 is 0 Å². The fourth-order valence-corrected chi connectivity index (χ4v) is 3.12. The third-order valence-electron chi connectivity index (χ3n) is 4.16. The van der Waals surface area contributed by atoms with Crippen LogP contribution in [0.3, 0.4) is 0 Å². The van der Waals surface area contributed by atoms with Crippen LogP contribution < -0.4 is 0 Å². The lowest BCUT2D eigenvalue weighted by atomic mass is 10.1. The molecule has 2 fully saturated rings. The van der Waals surface area contributed by atoms with Gasteiger partial charge in [0.1, 0.15) is 0 Å². The first-order valence-electron chi connectivity index (χ1n) is 6.97. The number of hydrogen-bond donors (Lipinski definition) is 1. The maximum atomic E-state index is 8.92. The van der Waals surface area contributed by atoms with E-state index in [1.54, 1.807) is 0 Å². The summed E-state index contributed by atoms with van der Waals surface area (Å²) >= 11 is 0. The van der Waals surface area contributed by atoms with Gasteiger partial charge in [0.05, 0.1) is 6.61 Å². The van der Waals surface area contributed by atoms with E-state index in [9.17, 15) is 0 Å². The van der Waals surface area contributed by atoms with Crippen molar-refractivity contribution in [2.75, 3.05) is 39.3 Å². The Morgan fingerprint density at radius 2 is 1.50 bits per heavy atom. The first kappa shape index (κ1) is 12.3. The van der Waals surface area contributed by atoms with Crippen molar-refractivity contribution in [2.45, 2.75) is 44.6 Å². The number of rotatable bonds is 3. The first-order valence-corrected chi connectivity index (χ1v) is 6.97. The standard InChI is InChI=1S/C13H26N2O/c16-12-11-14-7-9-15(10-8-14)13-5-3-1-2-4-6-13/h13,16H,1-12H2. The predicted octanol–water partition coefficient (Wildman–Crippen LogP) is 1.32. The molecule has 1 aliphatic carbocycles. The SMILES string of the molecule is OCCN1CCN(C2CCCCCC2)CC1. The molecule has 1 heterocycles. The highest BCUT2D eigenvalue weighted by Gasteiger charge is 2.23. The number of aliphatic hydroxyl groups is 1. The van der Waals surface area contributed by atoms with Crippen molar-refractivity contribution < 1.29 is 5.11 Å². The summed E-state index contributed by atoms with van der Waals surface area (Å²) in [5.74, 6) is 0. The van der Waals surface area contributed by atoms with Crippen molar-refractivity contribution in [2.24, 2.45) is 0 Å². The summed E-state index contributed by atoms with van der Waals surface area (Å²) in [4.78, 5) is 5.08. The zero-order valence-electron chi connectivity index (χ0n) is 10.4. The molecule has 2 aliphatic rings. The maximum Gasteiger partial charge on any atom is 0.0558 e.